The van der Waals surface area contributed by atoms with Gasteiger partial charge in [0.15, 0.2) is 6.04 Å². The lowest BCUT2D eigenvalue weighted by Gasteiger charge is -2.21. The van der Waals surface area contributed by atoms with Gasteiger partial charge in [-0.1, -0.05) is 12.1 Å². The zero-order chi connectivity index (χ0) is 13.7. The van der Waals surface area contributed by atoms with Gasteiger partial charge in [-0.15, -0.1) is 0 Å². The van der Waals surface area contributed by atoms with Crippen LogP contribution >= 0.6 is 0 Å². The Kier molecular flexibility index (Phi) is 4.71. The van der Waals surface area contributed by atoms with Crippen LogP contribution < -0.4 is 4.74 Å². The predicted molar refractivity (Wildman–Crippen MR) is 66.4 cm³/mol. The summed E-state index contributed by atoms with van der Waals surface area (Å²) >= 11 is 0. The summed E-state index contributed by atoms with van der Waals surface area (Å²) in [6, 6.07) is 5.72. The van der Waals surface area contributed by atoms with E-state index < -0.39 is 12.0 Å². The molecule has 1 amide bonds. The highest BCUT2D eigenvalue weighted by molar-refractivity contribution is 5.78. The van der Waals surface area contributed by atoms with E-state index in [2.05, 4.69) is 0 Å². The number of nitrogens with zero attached hydrogens (tertiary/aromatic N) is 1. The summed E-state index contributed by atoms with van der Waals surface area (Å²) in [5, 5.41) is 9.11. The summed E-state index contributed by atoms with van der Waals surface area (Å²) in [6.07, 6.45) is 0.556. The third-order valence-corrected chi connectivity index (χ3v) is 2.38. The number of aliphatic carboxylic acids is 1. The zero-order valence-corrected chi connectivity index (χ0v) is 10.7. The molecule has 18 heavy (non-hydrogen) atoms. The van der Waals surface area contributed by atoms with Gasteiger partial charge in [0.1, 0.15) is 5.75 Å². The van der Waals surface area contributed by atoms with Crippen molar-refractivity contribution in [3.63, 3.8) is 0 Å². The molecule has 0 bridgehead atoms. The highest BCUT2D eigenvalue weighted by atomic mass is 16.5. The SMILES string of the molecule is CC(C)Oc1ccc(C(C(=O)O)N(C)C=O)cc1. The van der Waals surface area contributed by atoms with Gasteiger partial charge < -0.3 is 14.7 Å². The Balaban J connectivity index is 2.94. The summed E-state index contributed by atoms with van der Waals surface area (Å²) in [6.45, 7) is 3.82. The second kappa shape index (κ2) is 6.05. The lowest BCUT2D eigenvalue weighted by atomic mass is 10.1. The minimum atomic E-state index is -1.07. The molecule has 1 N–H and O–H groups in total. The van der Waals surface area contributed by atoms with Crippen LogP contribution in [0, 0.1) is 0 Å². The minimum absolute atomic E-state index is 0.0590. The normalized spacial score (nSPS) is 12.0. The van der Waals surface area contributed by atoms with Gasteiger partial charge in [-0.05, 0) is 31.5 Å². The minimum Gasteiger partial charge on any atom is -0.491 e. The average molecular weight is 251 g/mol. The number of benzene rings is 1. The lowest BCUT2D eigenvalue weighted by molar-refractivity contribution is -0.145. The van der Waals surface area contributed by atoms with Gasteiger partial charge in [0.2, 0.25) is 6.41 Å². The maximum Gasteiger partial charge on any atom is 0.331 e. The largest absolute Gasteiger partial charge is 0.491 e. The third kappa shape index (κ3) is 3.48. The molecule has 0 heterocycles. The van der Waals surface area contributed by atoms with Crippen LogP contribution in [0.5, 0.6) is 5.75 Å². The van der Waals surface area contributed by atoms with Crippen LogP contribution in [0.15, 0.2) is 24.3 Å². The van der Waals surface area contributed by atoms with Crippen LogP contribution in [0.25, 0.3) is 0 Å². The lowest BCUT2D eigenvalue weighted by Crippen LogP contribution is -2.29. The topological polar surface area (TPSA) is 66.8 Å². The number of carboxylic acid groups (broad SMARTS) is 1. The number of hydrogen-bond acceptors (Lipinski definition) is 3. The molecular weight excluding hydrogens is 234 g/mol. The number of rotatable bonds is 6. The standard InChI is InChI=1S/C13H17NO4/c1-9(2)18-11-6-4-10(5-7-11)12(13(16)17)14(3)8-15/h4-9,12H,1-3H3,(H,16,17). The summed E-state index contributed by atoms with van der Waals surface area (Å²) in [5.74, 6) is -0.395. The van der Waals surface area contributed by atoms with E-state index in [0.29, 0.717) is 17.7 Å². The molecule has 0 saturated carbocycles. The first-order chi connectivity index (χ1) is 8.45. The molecule has 1 aromatic rings. The van der Waals surface area contributed by atoms with Gasteiger partial charge in [0, 0.05) is 7.05 Å². The monoisotopic (exact) mass is 251 g/mol. The second-order valence-electron chi connectivity index (χ2n) is 4.25. The Labute approximate surface area is 106 Å². The van der Waals surface area contributed by atoms with Crippen LogP contribution in [-0.2, 0) is 9.59 Å². The van der Waals surface area contributed by atoms with E-state index in [-0.39, 0.29) is 6.10 Å². The number of hydrogen-bond donors (Lipinski definition) is 1. The maximum atomic E-state index is 11.1. The number of ether oxygens (including phenoxy) is 1. The number of amides is 1. The van der Waals surface area contributed by atoms with Crippen molar-refractivity contribution >= 4 is 12.4 Å². The van der Waals surface area contributed by atoms with Gasteiger partial charge in [-0.3, -0.25) is 4.79 Å². The van der Waals surface area contributed by atoms with E-state index in [9.17, 15) is 9.59 Å². The van der Waals surface area contributed by atoms with Crippen molar-refractivity contribution in [1.29, 1.82) is 0 Å². The highest BCUT2D eigenvalue weighted by Crippen LogP contribution is 2.22. The molecule has 1 atom stereocenters. The Morgan fingerprint density at radius 3 is 2.28 bits per heavy atom. The van der Waals surface area contributed by atoms with Crippen LogP contribution in [-0.4, -0.2) is 35.5 Å². The molecule has 0 fully saturated rings. The predicted octanol–water partition coefficient (Wildman–Crippen LogP) is 1.69. The molecule has 1 aromatic carbocycles. The van der Waals surface area contributed by atoms with Gasteiger partial charge in [0.05, 0.1) is 6.10 Å². The first kappa shape index (κ1) is 14.0. The number of likely N-dealkylation sites (N-methyl/N-ethyl adjacent to an activating group) is 1. The molecule has 0 aromatic heterocycles. The van der Waals surface area contributed by atoms with Crippen molar-refractivity contribution in [3.05, 3.63) is 29.8 Å². The number of carbonyl (C=O) groups excluding carboxylic acids is 1. The van der Waals surface area contributed by atoms with Gasteiger partial charge in [0.25, 0.3) is 0 Å². The summed E-state index contributed by atoms with van der Waals surface area (Å²) in [7, 11) is 1.43. The highest BCUT2D eigenvalue weighted by Gasteiger charge is 2.23. The zero-order valence-electron chi connectivity index (χ0n) is 10.7. The van der Waals surface area contributed by atoms with E-state index in [1.54, 1.807) is 24.3 Å². The van der Waals surface area contributed by atoms with Crippen molar-refractivity contribution < 1.29 is 19.4 Å². The smallest absolute Gasteiger partial charge is 0.331 e. The van der Waals surface area contributed by atoms with E-state index in [0.717, 1.165) is 4.90 Å². The quantitative estimate of drug-likeness (QED) is 0.781. The first-order valence-electron chi connectivity index (χ1n) is 5.62. The molecular formula is C13H17NO4. The fraction of sp³-hybridized carbons (Fsp3) is 0.385. The molecule has 0 aliphatic carbocycles. The van der Waals surface area contributed by atoms with Crippen molar-refractivity contribution in [2.24, 2.45) is 0 Å². The van der Waals surface area contributed by atoms with E-state index in [1.165, 1.54) is 7.05 Å². The molecule has 0 radical (unpaired) electrons. The van der Waals surface area contributed by atoms with Crippen LogP contribution in [0.3, 0.4) is 0 Å². The first-order valence-corrected chi connectivity index (χ1v) is 5.62. The van der Waals surface area contributed by atoms with Crippen molar-refractivity contribution in [2.45, 2.75) is 26.0 Å². The third-order valence-electron chi connectivity index (χ3n) is 2.38. The number of carboxylic acids is 1. The Morgan fingerprint density at radius 1 is 1.33 bits per heavy atom. The molecule has 1 unspecified atom stereocenters. The Bertz CT molecular complexity index is 414. The Morgan fingerprint density at radius 2 is 1.89 bits per heavy atom. The molecule has 0 aliphatic heterocycles. The molecule has 98 valence electrons. The summed E-state index contributed by atoms with van der Waals surface area (Å²) in [5.41, 5.74) is 0.535. The maximum absolute atomic E-state index is 11.1. The fourth-order valence-electron chi connectivity index (χ4n) is 1.61. The Hall–Kier alpha value is -2.04. The molecule has 5 nitrogen and oxygen atoms in total. The summed E-state index contributed by atoms with van der Waals surface area (Å²) in [4.78, 5) is 22.9. The van der Waals surface area contributed by atoms with Gasteiger partial charge in [-0.25, -0.2) is 4.79 Å². The molecule has 5 heteroatoms. The van der Waals surface area contributed by atoms with E-state index in [1.807, 2.05) is 13.8 Å². The van der Waals surface area contributed by atoms with Gasteiger partial charge in [-0.2, -0.15) is 0 Å². The fourth-order valence-corrected chi connectivity index (χ4v) is 1.61. The van der Waals surface area contributed by atoms with Gasteiger partial charge >= 0.3 is 5.97 Å². The van der Waals surface area contributed by atoms with Crippen molar-refractivity contribution in [3.8, 4) is 5.75 Å². The molecule has 0 aliphatic rings. The van der Waals surface area contributed by atoms with Crippen LogP contribution in [0.1, 0.15) is 25.5 Å². The number of carbonyl (C=O) groups is 2. The second-order valence-corrected chi connectivity index (χ2v) is 4.25. The molecule has 1 rings (SSSR count). The van der Waals surface area contributed by atoms with Crippen LogP contribution in [0.2, 0.25) is 0 Å². The average Bonchev–Trinajstić information content (AvgIpc) is 2.30. The molecule has 0 spiro atoms. The van der Waals surface area contributed by atoms with E-state index in [4.69, 9.17) is 9.84 Å². The van der Waals surface area contributed by atoms with E-state index >= 15 is 0 Å². The van der Waals surface area contributed by atoms with Crippen molar-refractivity contribution in [1.82, 2.24) is 4.90 Å². The van der Waals surface area contributed by atoms with Crippen molar-refractivity contribution in [2.75, 3.05) is 7.05 Å². The molecule has 0 saturated heterocycles. The summed E-state index contributed by atoms with van der Waals surface area (Å²) < 4.78 is 5.47. The van der Waals surface area contributed by atoms with Crippen LogP contribution in [0.4, 0.5) is 0 Å².